The summed E-state index contributed by atoms with van der Waals surface area (Å²) in [5.41, 5.74) is 8.86. The van der Waals surface area contributed by atoms with E-state index in [0.29, 0.717) is 51.4 Å². The van der Waals surface area contributed by atoms with E-state index in [1.165, 1.54) is 0 Å². The molecule has 5 N–H and O–H groups in total. The summed E-state index contributed by atoms with van der Waals surface area (Å²) in [5, 5.41) is 17.2. The van der Waals surface area contributed by atoms with Gasteiger partial charge in [0.15, 0.2) is 19.8 Å². The highest BCUT2D eigenvalue weighted by Crippen LogP contribution is 2.30. The van der Waals surface area contributed by atoms with Crippen molar-refractivity contribution in [2.45, 2.75) is 6.54 Å². The Hall–Kier alpha value is -4.50. The third-order valence-corrected chi connectivity index (χ3v) is 5.46. The predicted octanol–water partition coefficient (Wildman–Crippen LogP) is 3.46. The second-order valence-electron chi connectivity index (χ2n) is 8.01. The Kier molecular flexibility index (Phi) is 9.94. The van der Waals surface area contributed by atoms with Crippen LogP contribution in [0.15, 0.2) is 54.6 Å². The number of fused-ring (bicyclic) bond motifs is 3. The Balaban J connectivity index is 0.000000160. The van der Waals surface area contributed by atoms with Gasteiger partial charge in [-0.05, 0) is 54.1 Å². The van der Waals surface area contributed by atoms with Gasteiger partial charge in [-0.2, -0.15) is 5.26 Å². The second-order valence-corrected chi connectivity index (χ2v) is 8.44. The number of hydrogen-bond donors (Lipinski definition) is 4. The molecule has 202 valence electrons. The van der Waals surface area contributed by atoms with Gasteiger partial charge in [0, 0.05) is 11.6 Å². The van der Waals surface area contributed by atoms with E-state index in [1.807, 2.05) is 24.3 Å². The van der Waals surface area contributed by atoms with E-state index in [-0.39, 0.29) is 49.9 Å². The summed E-state index contributed by atoms with van der Waals surface area (Å²) in [5.74, 6) is 1.52. The lowest BCUT2D eigenvalue weighted by molar-refractivity contribution is -0.119. The molecule has 3 heterocycles. The maximum atomic E-state index is 11.0. The van der Waals surface area contributed by atoms with Gasteiger partial charge in [0.2, 0.25) is 0 Å². The van der Waals surface area contributed by atoms with Crippen LogP contribution in [0.4, 0.5) is 17.1 Å². The fraction of sp³-hybridized carbons (Fsp3) is 0.154. The van der Waals surface area contributed by atoms with E-state index in [0.717, 1.165) is 5.56 Å². The number of carbonyl (C=O) groups excluding carboxylic acids is 3. The molecule has 0 atom stereocenters. The molecule has 39 heavy (non-hydrogen) atoms. The zero-order chi connectivity index (χ0) is 27.1. The van der Waals surface area contributed by atoms with Crippen molar-refractivity contribution in [1.82, 2.24) is 0 Å². The molecule has 0 aliphatic carbocycles. The van der Waals surface area contributed by atoms with Gasteiger partial charge in [0.05, 0.1) is 28.7 Å². The fourth-order valence-corrected chi connectivity index (χ4v) is 3.64. The SMILES string of the molecule is Cl.N#Cc1ccc2c(c1)NC(=O)CO2.NCc1ccc2c(c1)NC(=O)CO2.O=C1COc2ccc(Cl)cc2N1. The lowest BCUT2D eigenvalue weighted by Gasteiger charge is -2.18. The van der Waals surface area contributed by atoms with Gasteiger partial charge in [-0.3, -0.25) is 14.4 Å². The number of nitrogens with two attached hydrogens (primary N) is 1. The van der Waals surface area contributed by atoms with Crippen molar-refractivity contribution in [2.24, 2.45) is 5.73 Å². The van der Waals surface area contributed by atoms with Crippen molar-refractivity contribution >= 4 is 58.8 Å². The predicted molar refractivity (Wildman–Crippen MR) is 147 cm³/mol. The lowest BCUT2D eigenvalue weighted by Crippen LogP contribution is -2.25. The Morgan fingerprint density at radius 3 is 1.72 bits per heavy atom. The molecule has 0 radical (unpaired) electrons. The lowest BCUT2D eigenvalue weighted by atomic mass is 10.1. The van der Waals surface area contributed by atoms with Crippen LogP contribution in [0, 0.1) is 11.3 Å². The molecule has 3 aromatic rings. The van der Waals surface area contributed by atoms with Gasteiger partial charge in [0.1, 0.15) is 17.2 Å². The largest absolute Gasteiger partial charge is 0.482 e. The van der Waals surface area contributed by atoms with Gasteiger partial charge in [-0.25, -0.2) is 0 Å². The monoisotopic (exact) mass is 571 g/mol. The zero-order valence-electron chi connectivity index (χ0n) is 20.3. The van der Waals surface area contributed by atoms with E-state index >= 15 is 0 Å². The van der Waals surface area contributed by atoms with Gasteiger partial charge in [-0.15, -0.1) is 12.4 Å². The van der Waals surface area contributed by atoms with Crippen LogP contribution in [0.1, 0.15) is 11.1 Å². The van der Waals surface area contributed by atoms with Crippen molar-refractivity contribution in [3.8, 4) is 23.3 Å². The number of nitrogens with one attached hydrogen (secondary N) is 3. The third-order valence-electron chi connectivity index (χ3n) is 5.23. The maximum Gasteiger partial charge on any atom is 0.262 e. The van der Waals surface area contributed by atoms with Crippen molar-refractivity contribution < 1.29 is 28.6 Å². The highest BCUT2D eigenvalue weighted by Gasteiger charge is 2.17. The molecule has 3 amide bonds. The summed E-state index contributed by atoms with van der Waals surface area (Å²) in [6.45, 7) is 0.672. The standard InChI is InChI=1S/C9H10N2O2.C9H6N2O2.C8H6ClNO2.ClH/c2*10-4-6-1-2-8-7(3-6)11-9(12)5-13-8;9-5-1-2-7-6(3-5)10-8(11)4-12-7;/h1-3H,4-5,10H2,(H,11,12);1-3H,5H2,(H,11,12);1-3H,4H2,(H,10,11);1H. The molecule has 0 unspecified atom stereocenters. The van der Waals surface area contributed by atoms with Crippen LogP contribution in [0.3, 0.4) is 0 Å². The van der Waals surface area contributed by atoms with Crippen LogP contribution in [0.5, 0.6) is 17.2 Å². The molecule has 0 bridgehead atoms. The first kappa shape index (κ1) is 29.1. The topological polar surface area (TPSA) is 165 Å². The number of rotatable bonds is 1. The molecule has 3 aromatic carbocycles. The molecule has 3 aliphatic heterocycles. The molecular weight excluding hydrogens is 549 g/mol. The smallest absolute Gasteiger partial charge is 0.262 e. The summed E-state index contributed by atoms with van der Waals surface area (Å²) >= 11 is 5.72. The molecule has 6 rings (SSSR count). The summed E-state index contributed by atoms with van der Waals surface area (Å²) in [6.07, 6.45) is 0. The molecule has 0 aromatic heterocycles. The van der Waals surface area contributed by atoms with Crippen molar-refractivity contribution in [3.05, 3.63) is 70.7 Å². The maximum absolute atomic E-state index is 11.0. The van der Waals surface area contributed by atoms with Crippen molar-refractivity contribution in [2.75, 3.05) is 35.8 Å². The fourth-order valence-electron chi connectivity index (χ4n) is 3.47. The Morgan fingerprint density at radius 1 is 0.744 bits per heavy atom. The normalized spacial score (nSPS) is 13.8. The first-order valence-corrected chi connectivity index (χ1v) is 11.7. The summed E-state index contributed by atoms with van der Waals surface area (Å²) in [7, 11) is 0. The molecule has 0 spiro atoms. The number of ether oxygens (including phenoxy) is 3. The van der Waals surface area contributed by atoms with Crippen LogP contribution < -0.4 is 35.9 Å². The molecule has 0 saturated heterocycles. The quantitative estimate of drug-likeness (QED) is 0.344. The van der Waals surface area contributed by atoms with Gasteiger partial charge >= 0.3 is 0 Å². The molecular formula is C26H23Cl2N5O6. The molecule has 13 heteroatoms. The summed E-state index contributed by atoms with van der Waals surface area (Å²) in [4.78, 5) is 32.7. The van der Waals surface area contributed by atoms with E-state index < -0.39 is 0 Å². The van der Waals surface area contributed by atoms with E-state index in [2.05, 4.69) is 16.0 Å². The number of anilines is 3. The first-order valence-electron chi connectivity index (χ1n) is 11.3. The van der Waals surface area contributed by atoms with Crippen LogP contribution in [-0.4, -0.2) is 37.5 Å². The number of hydrogen-bond acceptors (Lipinski definition) is 8. The number of halogens is 2. The minimum atomic E-state index is -0.192. The highest BCUT2D eigenvalue weighted by atomic mass is 35.5. The van der Waals surface area contributed by atoms with E-state index in [9.17, 15) is 14.4 Å². The minimum absolute atomic E-state index is 0. The number of nitrogens with zero attached hydrogens (tertiary/aromatic N) is 1. The van der Waals surface area contributed by atoms with Gasteiger partial charge in [-0.1, -0.05) is 17.7 Å². The first-order chi connectivity index (χ1) is 18.3. The summed E-state index contributed by atoms with van der Waals surface area (Å²) < 4.78 is 15.4. The van der Waals surface area contributed by atoms with Gasteiger partial charge in [0.25, 0.3) is 17.7 Å². The third kappa shape index (κ3) is 7.75. The number of benzene rings is 3. The number of carbonyl (C=O) groups is 3. The molecule has 0 saturated carbocycles. The van der Waals surface area contributed by atoms with Crippen molar-refractivity contribution in [1.29, 1.82) is 5.26 Å². The molecule has 3 aliphatic rings. The minimum Gasteiger partial charge on any atom is -0.482 e. The average Bonchev–Trinajstić information content (AvgIpc) is 2.92. The van der Waals surface area contributed by atoms with Crippen LogP contribution >= 0.6 is 24.0 Å². The number of nitriles is 1. The molecule has 0 fully saturated rings. The number of amides is 3. The van der Waals surface area contributed by atoms with Crippen LogP contribution in [0.2, 0.25) is 5.02 Å². The Labute approximate surface area is 234 Å². The van der Waals surface area contributed by atoms with E-state index in [1.54, 1.807) is 36.4 Å². The van der Waals surface area contributed by atoms with Crippen LogP contribution in [0.25, 0.3) is 0 Å². The zero-order valence-corrected chi connectivity index (χ0v) is 21.9. The average molecular weight is 572 g/mol. The Bertz CT molecular complexity index is 1440. The molecule has 11 nitrogen and oxygen atoms in total. The Morgan fingerprint density at radius 2 is 1.21 bits per heavy atom. The van der Waals surface area contributed by atoms with Gasteiger partial charge < -0.3 is 35.9 Å². The van der Waals surface area contributed by atoms with E-state index in [4.69, 9.17) is 36.8 Å². The van der Waals surface area contributed by atoms with Crippen LogP contribution in [-0.2, 0) is 20.9 Å². The summed E-state index contributed by atoms with van der Waals surface area (Å²) in [6, 6.07) is 17.5. The second kappa shape index (κ2) is 13.3. The highest BCUT2D eigenvalue weighted by molar-refractivity contribution is 6.31. The van der Waals surface area contributed by atoms with Crippen molar-refractivity contribution in [3.63, 3.8) is 0 Å².